The molecule has 0 unspecified atom stereocenters. The summed E-state index contributed by atoms with van der Waals surface area (Å²) in [7, 11) is 1.94. The lowest BCUT2D eigenvalue weighted by molar-refractivity contribution is 0.623. The molecule has 1 aromatic carbocycles. The average Bonchev–Trinajstić information content (AvgIpc) is 2.15. The molecule has 0 spiro atoms. The van der Waals surface area contributed by atoms with Crippen molar-refractivity contribution in [3.8, 4) is 0 Å². The van der Waals surface area contributed by atoms with Gasteiger partial charge in [0.05, 0.1) is 0 Å². The van der Waals surface area contributed by atoms with Gasteiger partial charge in [-0.3, -0.25) is 0 Å². The van der Waals surface area contributed by atoms with Crippen LogP contribution in [0, 0.1) is 5.82 Å². The Bertz CT molecular complexity index is 310. The van der Waals surface area contributed by atoms with E-state index < -0.39 is 0 Å². The summed E-state index contributed by atoms with van der Waals surface area (Å²) in [5, 5.41) is 0. The quantitative estimate of drug-likeness (QED) is 0.802. The minimum absolute atomic E-state index is 0.226. The topological polar surface area (TPSA) is 29.3 Å². The number of halogens is 1. The van der Waals surface area contributed by atoms with E-state index >= 15 is 0 Å². The molecule has 0 fully saturated rings. The second kappa shape index (κ2) is 4.42. The van der Waals surface area contributed by atoms with Crippen molar-refractivity contribution in [1.29, 1.82) is 0 Å². The maximum absolute atomic E-state index is 13.2. The van der Waals surface area contributed by atoms with Crippen LogP contribution < -0.4 is 10.6 Å². The molecule has 2 N–H and O–H groups in total. The average molecular weight is 196 g/mol. The van der Waals surface area contributed by atoms with E-state index in [2.05, 4.69) is 13.8 Å². The van der Waals surface area contributed by atoms with Gasteiger partial charge in [-0.05, 0) is 37.6 Å². The predicted molar refractivity (Wildman–Crippen MR) is 57.8 cm³/mol. The first-order valence-electron chi connectivity index (χ1n) is 4.77. The molecule has 0 amide bonds. The highest BCUT2D eigenvalue weighted by molar-refractivity contribution is 5.49. The highest BCUT2D eigenvalue weighted by Gasteiger charge is 2.07. The maximum atomic E-state index is 13.2. The van der Waals surface area contributed by atoms with Crippen LogP contribution in [-0.2, 0) is 6.54 Å². The molecule has 3 heteroatoms. The normalized spacial score (nSPS) is 10.7. The Hall–Kier alpha value is -1.09. The first-order chi connectivity index (χ1) is 6.54. The van der Waals surface area contributed by atoms with E-state index in [0.717, 1.165) is 11.3 Å². The summed E-state index contributed by atoms with van der Waals surface area (Å²) in [6.07, 6.45) is 0. The molecule has 0 bridgehead atoms. The molecule has 0 heterocycles. The van der Waals surface area contributed by atoms with E-state index in [1.165, 1.54) is 12.1 Å². The number of anilines is 1. The monoisotopic (exact) mass is 196 g/mol. The Morgan fingerprint density at radius 3 is 2.50 bits per heavy atom. The number of benzene rings is 1. The zero-order valence-corrected chi connectivity index (χ0v) is 8.92. The van der Waals surface area contributed by atoms with E-state index in [1.54, 1.807) is 0 Å². The Morgan fingerprint density at radius 1 is 1.36 bits per heavy atom. The summed E-state index contributed by atoms with van der Waals surface area (Å²) in [6.45, 7) is 4.50. The summed E-state index contributed by atoms with van der Waals surface area (Å²) >= 11 is 0. The first kappa shape index (κ1) is 11.0. The molecule has 1 rings (SSSR count). The minimum atomic E-state index is -0.226. The van der Waals surface area contributed by atoms with Crippen LogP contribution in [0.5, 0.6) is 0 Å². The van der Waals surface area contributed by atoms with Crippen LogP contribution in [0.3, 0.4) is 0 Å². The van der Waals surface area contributed by atoms with Crippen molar-refractivity contribution in [2.45, 2.75) is 26.4 Å². The van der Waals surface area contributed by atoms with Crippen molar-refractivity contribution in [2.75, 3.05) is 11.9 Å². The third-order valence-corrected chi connectivity index (χ3v) is 2.36. The Morgan fingerprint density at radius 2 is 2.00 bits per heavy atom. The van der Waals surface area contributed by atoms with Gasteiger partial charge in [0.2, 0.25) is 0 Å². The van der Waals surface area contributed by atoms with E-state index in [-0.39, 0.29) is 5.82 Å². The molecule has 0 aliphatic heterocycles. The highest BCUT2D eigenvalue weighted by Crippen LogP contribution is 2.18. The molecule has 0 aliphatic rings. The Balaban J connectivity index is 3.02. The van der Waals surface area contributed by atoms with Crippen LogP contribution in [0.4, 0.5) is 10.1 Å². The fourth-order valence-electron chi connectivity index (χ4n) is 1.25. The third-order valence-electron chi connectivity index (χ3n) is 2.36. The van der Waals surface area contributed by atoms with Crippen LogP contribution in [-0.4, -0.2) is 13.1 Å². The number of hydrogen-bond donors (Lipinski definition) is 1. The maximum Gasteiger partial charge on any atom is 0.125 e. The smallest absolute Gasteiger partial charge is 0.125 e. The lowest BCUT2D eigenvalue weighted by Gasteiger charge is -2.24. The summed E-state index contributed by atoms with van der Waals surface area (Å²) in [4.78, 5) is 2.02. The molecule has 0 saturated heterocycles. The predicted octanol–water partition coefficient (Wildman–Crippen LogP) is 2.13. The molecule has 2 nitrogen and oxygen atoms in total. The van der Waals surface area contributed by atoms with Gasteiger partial charge >= 0.3 is 0 Å². The molecule has 0 radical (unpaired) electrons. The van der Waals surface area contributed by atoms with Crippen molar-refractivity contribution >= 4 is 5.69 Å². The number of hydrogen-bond acceptors (Lipinski definition) is 2. The Kier molecular flexibility index (Phi) is 3.47. The summed E-state index contributed by atoms with van der Waals surface area (Å²) in [6, 6.07) is 5.27. The molecule has 0 aromatic heterocycles. The molecule has 1 aromatic rings. The fraction of sp³-hybridized carbons (Fsp3) is 0.455. The summed E-state index contributed by atoms with van der Waals surface area (Å²) < 4.78 is 13.2. The van der Waals surface area contributed by atoms with Gasteiger partial charge in [-0.15, -0.1) is 0 Å². The van der Waals surface area contributed by atoms with Gasteiger partial charge in [0.15, 0.2) is 0 Å². The summed E-state index contributed by atoms with van der Waals surface area (Å²) in [5.74, 6) is -0.226. The van der Waals surface area contributed by atoms with Gasteiger partial charge in [0, 0.05) is 25.3 Å². The molecule has 0 aliphatic carbocycles. The lowest BCUT2D eigenvalue weighted by atomic mass is 10.1. The molecule has 14 heavy (non-hydrogen) atoms. The van der Waals surface area contributed by atoms with Crippen LogP contribution in [0.1, 0.15) is 19.4 Å². The zero-order chi connectivity index (χ0) is 10.7. The van der Waals surface area contributed by atoms with E-state index in [0.29, 0.717) is 12.6 Å². The van der Waals surface area contributed by atoms with Crippen LogP contribution >= 0.6 is 0 Å². The Labute approximate surface area is 84.5 Å². The number of nitrogens with zero attached hydrogens (tertiary/aromatic N) is 1. The molecule has 78 valence electrons. The second-order valence-corrected chi connectivity index (χ2v) is 3.73. The second-order valence-electron chi connectivity index (χ2n) is 3.73. The number of nitrogens with two attached hydrogens (primary N) is 1. The minimum Gasteiger partial charge on any atom is -0.372 e. The van der Waals surface area contributed by atoms with E-state index in [1.807, 2.05) is 18.0 Å². The van der Waals surface area contributed by atoms with Crippen molar-refractivity contribution in [3.63, 3.8) is 0 Å². The van der Waals surface area contributed by atoms with Gasteiger partial charge in [-0.1, -0.05) is 0 Å². The standard InChI is InChI=1S/C11H17FN2/c1-8(2)14(3)11-5-9(7-13)4-10(12)6-11/h4-6,8H,7,13H2,1-3H3. The SMILES string of the molecule is CC(C)N(C)c1cc(F)cc(CN)c1. The molecule has 0 atom stereocenters. The van der Waals surface area contributed by atoms with Crippen LogP contribution in [0.25, 0.3) is 0 Å². The van der Waals surface area contributed by atoms with Crippen molar-refractivity contribution < 1.29 is 4.39 Å². The fourth-order valence-corrected chi connectivity index (χ4v) is 1.25. The van der Waals surface area contributed by atoms with Crippen molar-refractivity contribution in [3.05, 3.63) is 29.6 Å². The summed E-state index contributed by atoms with van der Waals surface area (Å²) in [5.41, 5.74) is 7.18. The lowest BCUT2D eigenvalue weighted by Crippen LogP contribution is -2.25. The van der Waals surface area contributed by atoms with Gasteiger partial charge in [-0.25, -0.2) is 4.39 Å². The molecular weight excluding hydrogens is 179 g/mol. The van der Waals surface area contributed by atoms with Crippen LogP contribution in [0.2, 0.25) is 0 Å². The van der Waals surface area contributed by atoms with Crippen molar-refractivity contribution in [2.24, 2.45) is 5.73 Å². The van der Waals surface area contributed by atoms with Gasteiger partial charge in [0.1, 0.15) is 5.82 Å². The van der Waals surface area contributed by atoms with Crippen molar-refractivity contribution in [1.82, 2.24) is 0 Å². The molecule has 0 saturated carbocycles. The third kappa shape index (κ3) is 2.45. The van der Waals surface area contributed by atoms with Gasteiger partial charge in [0.25, 0.3) is 0 Å². The van der Waals surface area contributed by atoms with E-state index in [9.17, 15) is 4.39 Å². The van der Waals surface area contributed by atoms with Crippen LogP contribution in [0.15, 0.2) is 18.2 Å². The largest absolute Gasteiger partial charge is 0.372 e. The zero-order valence-electron chi connectivity index (χ0n) is 8.92. The first-order valence-corrected chi connectivity index (χ1v) is 4.77. The molecular formula is C11H17FN2. The highest BCUT2D eigenvalue weighted by atomic mass is 19.1. The van der Waals surface area contributed by atoms with E-state index in [4.69, 9.17) is 5.73 Å². The number of rotatable bonds is 3. The van der Waals surface area contributed by atoms with Gasteiger partial charge in [-0.2, -0.15) is 0 Å². The van der Waals surface area contributed by atoms with Gasteiger partial charge < -0.3 is 10.6 Å².